The number of carbonyl (C=O) groups is 1. The number of amidine groups is 1. The molecule has 1 aliphatic carbocycles. The van der Waals surface area contributed by atoms with Crippen LogP contribution in [0.3, 0.4) is 0 Å². The monoisotopic (exact) mass is 435 g/mol. The Hall–Kier alpha value is -2.48. The van der Waals surface area contributed by atoms with Gasteiger partial charge in [0.1, 0.15) is 5.84 Å². The minimum absolute atomic E-state index is 0.0125. The first-order chi connectivity index (χ1) is 12.8. The molecule has 1 aromatic rings. The summed E-state index contributed by atoms with van der Waals surface area (Å²) in [6.07, 6.45) is 0.668. The van der Waals surface area contributed by atoms with Gasteiger partial charge in [0.25, 0.3) is 0 Å². The molecule has 2 aliphatic heterocycles. The van der Waals surface area contributed by atoms with Crippen molar-refractivity contribution in [3.8, 4) is 0 Å². The Labute approximate surface area is 161 Å². The van der Waals surface area contributed by atoms with E-state index < -0.39 is 29.8 Å². The summed E-state index contributed by atoms with van der Waals surface area (Å²) >= 11 is 3.39. The largest absolute Gasteiger partial charge is 0.432 e. The van der Waals surface area contributed by atoms with Gasteiger partial charge < -0.3 is 0 Å². The van der Waals surface area contributed by atoms with E-state index in [9.17, 15) is 18.0 Å². The van der Waals surface area contributed by atoms with Crippen LogP contribution in [0.15, 0.2) is 68.7 Å². The van der Waals surface area contributed by atoms with Crippen molar-refractivity contribution in [1.29, 1.82) is 0 Å². The quantitative estimate of drug-likeness (QED) is 0.641. The molecule has 0 saturated heterocycles. The summed E-state index contributed by atoms with van der Waals surface area (Å²) in [6, 6.07) is 8.37. The number of dihydropyridines is 1. The highest BCUT2D eigenvalue weighted by Gasteiger charge is 2.53. The molecule has 2 atom stereocenters. The number of allylic oxidation sites excluding steroid dienone is 2. The van der Waals surface area contributed by atoms with Crippen LogP contribution in [0.25, 0.3) is 5.57 Å². The standard InChI is InChI=1S/C19H13BrF3N3O/c1-10(27)26-18-16(17(25-26)19(21,22)23)15(11-5-3-2-4-6-11)13-9-12(20)7-8-14(13)24-18/h2-9,14,16H,1H3/t14-,16+/m1/s1. The van der Waals surface area contributed by atoms with Crippen molar-refractivity contribution in [2.45, 2.75) is 19.1 Å². The van der Waals surface area contributed by atoms with Crippen LogP contribution < -0.4 is 0 Å². The number of rotatable bonds is 1. The zero-order chi connectivity index (χ0) is 19.3. The van der Waals surface area contributed by atoms with Crippen LogP contribution in [0.1, 0.15) is 12.5 Å². The predicted octanol–water partition coefficient (Wildman–Crippen LogP) is 4.47. The van der Waals surface area contributed by atoms with Gasteiger partial charge in [-0.1, -0.05) is 52.3 Å². The van der Waals surface area contributed by atoms with E-state index in [1.807, 2.05) is 0 Å². The number of hydrogen-bond acceptors (Lipinski definition) is 3. The van der Waals surface area contributed by atoms with Gasteiger partial charge in [0, 0.05) is 11.4 Å². The minimum atomic E-state index is -4.69. The highest BCUT2D eigenvalue weighted by Crippen LogP contribution is 2.44. The number of hydrazone groups is 1. The summed E-state index contributed by atoms with van der Waals surface area (Å²) in [5.41, 5.74) is 0.739. The van der Waals surface area contributed by atoms with E-state index in [0.717, 1.165) is 9.49 Å². The van der Waals surface area contributed by atoms with Gasteiger partial charge >= 0.3 is 6.18 Å². The Balaban J connectivity index is 1.99. The Morgan fingerprint density at radius 1 is 1.22 bits per heavy atom. The van der Waals surface area contributed by atoms with Crippen molar-refractivity contribution < 1.29 is 18.0 Å². The number of hydrogen-bond donors (Lipinski definition) is 0. The molecule has 4 rings (SSSR count). The molecule has 1 amide bonds. The minimum Gasteiger partial charge on any atom is -0.273 e. The molecule has 4 nitrogen and oxygen atoms in total. The molecular weight excluding hydrogens is 423 g/mol. The first-order valence-corrected chi connectivity index (χ1v) is 8.95. The van der Waals surface area contributed by atoms with Crippen LogP contribution in [-0.4, -0.2) is 34.7 Å². The van der Waals surface area contributed by atoms with Crippen LogP contribution in [0.2, 0.25) is 0 Å². The number of benzene rings is 1. The number of fused-ring (bicyclic) bond motifs is 2. The van der Waals surface area contributed by atoms with Gasteiger partial charge in [0.15, 0.2) is 5.71 Å². The van der Waals surface area contributed by atoms with Gasteiger partial charge in [-0.2, -0.15) is 23.3 Å². The smallest absolute Gasteiger partial charge is 0.273 e. The molecule has 27 heavy (non-hydrogen) atoms. The molecule has 0 unspecified atom stereocenters. The lowest BCUT2D eigenvalue weighted by Gasteiger charge is -2.31. The van der Waals surface area contributed by atoms with E-state index in [2.05, 4.69) is 26.0 Å². The van der Waals surface area contributed by atoms with Crippen LogP contribution in [0, 0.1) is 5.92 Å². The molecule has 138 valence electrons. The summed E-state index contributed by atoms with van der Waals surface area (Å²) in [5.74, 6) is -1.84. The lowest BCUT2D eigenvalue weighted by molar-refractivity contribution is -0.125. The van der Waals surface area contributed by atoms with E-state index in [1.54, 1.807) is 48.6 Å². The molecule has 0 radical (unpaired) electrons. The molecule has 2 heterocycles. The maximum absolute atomic E-state index is 13.8. The second-order valence-electron chi connectivity index (χ2n) is 6.30. The fourth-order valence-corrected chi connectivity index (χ4v) is 3.89. The fourth-order valence-electron chi connectivity index (χ4n) is 3.49. The average Bonchev–Trinajstić information content (AvgIpc) is 3.00. The number of amides is 1. The van der Waals surface area contributed by atoms with Crippen LogP contribution in [-0.2, 0) is 4.79 Å². The lowest BCUT2D eigenvalue weighted by Crippen LogP contribution is -2.39. The van der Waals surface area contributed by atoms with Gasteiger partial charge in [-0.15, -0.1) is 0 Å². The Morgan fingerprint density at radius 3 is 2.56 bits per heavy atom. The number of carbonyl (C=O) groups excluding carboxylic acids is 1. The summed E-state index contributed by atoms with van der Waals surface area (Å²) in [5, 5.41) is 4.38. The van der Waals surface area contributed by atoms with Gasteiger partial charge in [-0.3, -0.25) is 9.79 Å². The van der Waals surface area contributed by atoms with Crippen molar-refractivity contribution in [3.05, 3.63) is 64.2 Å². The van der Waals surface area contributed by atoms with E-state index in [1.165, 1.54) is 6.92 Å². The fraction of sp³-hybridized carbons (Fsp3) is 0.211. The normalized spacial score (nSPS) is 24.2. The number of aliphatic imine (C=N–C) groups is 1. The molecule has 1 aromatic carbocycles. The second-order valence-corrected chi connectivity index (χ2v) is 7.22. The molecule has 8 heteroatoms. The predicted molar refractivity (Wildman–Crippen MR) is 100 cm³/mol. The van der Waals surface area contributed by atoms with Crippen molar-refractivity contribution in [2.24, 2.45) is 16.0 Å². The van der Waals surface area contributed by atoms with Crippen molar-refractivity contribution >= 4 is 39.0 Å². The Bertz CT molecular complexity index is 974. The van der Waals surface area contributed by atoms with Crippen LogP contribution >= 0.6 is 15.9 Å². The van der Waals surface area contributed by atoms with Crippen molar-refractivity contribution in [1.82, 2.24) is 5.01 Å². The van der Waals surface area contributed by atoms with Gasteiger partial charge in [0.2, 0.25) is 5.91 Å². The molecule has 0 aromatic heterocycles. The highest BCUT2D eigenvalue weighted by molar-refractivity contribution is 9.11. The van der Waals surface area contributed by atoms with Gasteiger partial charge in [-0.25, -0.2) is 0 Å². The third-order valence-electron chi connectivity index (χ3n) is 4.55. The van der Waals surface area contributed by atoms with E-state index in [-0.39, 0.29) is 5.84 Å². The maximum atomic E-state index is 13.8. The third kappa shape index (κ3) is 2.97. The summed E-state index contributed by atoms with van der Waals surface area (Å²) in [6.45, 7) is 1.18. The number of alkyl halides is 3. The highest BCUT2D eigenvalue weighted by atomic mass is 79.9. The van der Waals surface area contributed by atoms with Crippen LogP contribution in [0.5, 0.6) is 0 Å². The van der Waals surface area contributed by atoms with Gasteiger partial charge in [-0.05, 0) is 28.9 Å². The summed E-state index contributed by atoms with van der Waals surface area (Å²) < 4.78 is 42.1. The number of nitrogens with zero attached hydrogens (tertiary/aromatic N) is 3. The van der Waals surface area contributed by atoms with E-state index in [0.29, 0.717) is 16.7 Å². The molecule has 0 saturated carbocycles. The Morgan fingerprint density at radius 2 is 1.93 bits per heavy atom. The SMILES string of the molecule is CC(=O)N1N=C(C(F)(F)F)[C@H]2C1=N[C@@H]1C=CC(Br)=CC1=C2c1ccccc1. The summed E-state index contributed by atoms with van der Waals surface area (Å²) in [7, 11) is 0. The lowest BCUT2D eigenvalue weighted by atomic mass is 9.79. The van der Waals surface area contributed by atoms with Crippen molar-refractivity contribution in [3.63, 3.8) is 0 Å². The summed E-state index contributed by atoms with van der Waals surface area (Å²) in [4.78, 5) is 16.4. The zero-order valence-corrected chi connectivity index (χ0v) is 15.6. The molecule has 0 spiro atoms. The first kappa shape index (κ1) is 17.9. The van der Waals surface area contributed by atoms with E-state index in [4.69, 9.17) is 0 Å². The molecule has 0 bridgehead atoms. The topological polar surface area (TPSA) is 45.0 Å². The van der Waals surface area contributed by atoms with E-state index >= 15 is 0 Å². The molecule has 0 N–H and O–H groups in total. The molecule has 3 aliphatic rings. The Kier molecular flexibility index (Phi) is 4.18. The number of halogens is 4. The molecular formula is C19H13BrF3N3O. The first-order valence-electron chi connectivity index (χ1n) is 8.16. The van der Waals surface area contributed by atoms with Crippen molar-refractivity contribution in [2.75, 3.05) is 0 Å². The van der Waals surface area contributed by atoms with Crippen LogP contribution in [0.4, 0.5) is 13.2 Å². The molecule has 0 fully saturated rings. The zero-order valence-electron chi connectivity index (χ0n) is 14.0. The third-order valence-corrected chi connectivity index (χ3v) is 5.04. The van der Waals surface area contributed by atoms with Gasteiger partial charge in [0.05, 0.1) is 12.0 Å². The maximum Gasteiger partial charge on any atom is 0.432 e. The average molecular weight is 436 g/mol. The second kappa shape index (κ2) is 6.30.